The van der Waals surface area contributed by atoms with Gasteiger partial charge in [0.2, 0.25) is 11.7 Å². The van der Waals surface area contributed by atoms with Crippen molar-refractivity contribution in [3.63, 3.8) is 0 Å². The minimum Gasteiger partial charge on any atom is -0.350 e. The van der Waals surface area contributed by atoms with Crippen LogP contribution in [0.3, 0.4) is 0 Å². The first-order valence-electron chi connectivity index (χ1n) is 9.51. The zero-order valence-corrected chi connectivity index (χ0v) is 16.4. The van der Waals surface area contributed by atoms with Crippen molar-refractivity contribution >= 4 is 5.91 Å². The predicted molar refractivity (Wildman–Crippen MR) is 112 cm³/mol. The maximum absolute atomic E-state index is 12.3. The Balaban J connectivity index is 1.48. The second-order valence-electron chi connectivity index (χ2n) is 6.94. The number of nitrogens with one attached hydrogen (secondary N) is 1. The molecule has 4 aromatic rings. The lowest BCUT2D eigenvalue weighted by molar-refractivity contribution is -0.121. The van der Waals surface area contributed by atoms with Gasteiger partial charge in [-0.1, -0.05) is 65.3 Å². The zero-order chi connectivity index (χ0) is 20.9. The molecule has 0 saturated heterocycles. The van der Waals surface area contributed by atoms with Gasteiger partial charge < -0.3 is 14.4 Å². The molecule has 0 atom stereocenters. The summed E-state index contributed by atoms with van der Waals surface area (Å²) in [5, 5.41) is 6.83. The number of hydrogen-bond acceptors (Lipinski definition) is 5. The molecule has 7 heteroatoms. The van der Waals surface area contributed by atoms with Gasteiger partial charge in [0.15, 0.2) is 0 Å². The average Bonchev–Trinajstić information content (AvgIpc) is 3.25. The van der Waals surface area contributed by atoms with E-state index in [0.29, 0.717) is 17.9 Å². The number of nitrogens with zero attached hydrogens (tertiary/aromatic N) is 3. The summed E-state index contributed by atoms with van der Waals surface area (Å²) in [5.41, 5.74) is 3.24. The molecule has 1 amide bonds. The van der Waals surface area contributed by atoms with Crippen molar-refractivity contribution in [2.45, 2.75) is 20.0 Å². The molecular weight excluding hydrogens is 380 g/mol. The summed E-state index contributed by atoms with van der Waals surface area (Å²) in [6.45, 7) is 2.31. The SMILES string of the molecule is Cc1ccc(-c2noc(-c3ccc(=O)n(CC(=O)NCc4ccccc4)c3)n2)cc1. The highest BCUT2D eigenvalue weighted by atomic mass is 16.5. The maximum atomic E-state index is 12.3. The van der Waals surface area contributed by atoms with Crippen LogP contribution in [-0.4, -0.2) is 20.6 Å². The van der Waals surface area contributed by atoms with Crippen LogP contribution in [0.25, 0.3) is 22.8 Å². The van der Waals surface area contributed by atoms with E-state index in [1.54, 1.807) is 12.3 Å². The molecule has 0 aliphatic rings. The Hall–Kier alpha value is -4.00. The Bertz CT molecular complexity index is 1210. The third-order valence-electron chi connectivity index (χ3n) is 4.61. The fourth-order valence-corrected chi connectivity index (χ4v) is 2.95. The highest BCUT2D eigenvalue weighted by molar-refractivity contribution is 5.75. The molecule has 2 heterocycles. The lowest BCUT2D eigenvalue weighted by Crippen LogP contribution is -2.31. The minimum absolute atomic E-state index is 0.0987. The van der Waals surface area contributed by atoms with E-state index < -0.39 is 0 Å². The molecule has 1 N–H and O–H groups in total. The van der Waals surface area contributed by atoms with Crippen molar-refractivity contribution in [1.82, 2.24) is 20.0 Å². The third-order valence-corrected chi connectivity index (χ3v) is 4.61. The van der Waals surface area contributed by atoms with Gasteiger partial charge in [0.1, 0.15) is 6.54 Å². The van der Waals surface area contributed by atoms with Crippen LogP contribution in [0.5, 0.6) is 0 Å². The van der Waals surface area contributed by atoms with Gasteiger partial charge in [-0.25, -0.2) is 0 Å². The van der Waals surface area contributed by atoms with Crippen LogP contribution >= 0.6 is 0 Å². The fourth-order valence-electron chi connectivity index (χ4n) is 2.95. The number of carbonyl (C=O) groups excluding carboxylic acids is 1. The molecule has 4 rings (SSSR count). The highest BCUT2D eigenvalue weighted by Crippen LogP contribution is 2.21. The van der Waals surface area contributed by atoms with Gasteiger partial charge in [0.05, 0.1) is 5.56 Å². The fraction of sp³-hybridized carbons (Fsp3) is 0.130. The largest absolute Gasteiger partial charge is 0.350 e. The Labute approximate surface area is 173 Å². The number of pyridine rings is 1. The van der Waals surface area contributed by atoms with Crippen molar-refractivity contribution < 1.29 is 9.32 Å². The molecule has 0 aliphatic heterocycles. The standard InChI is InChI=1S/C23H20N4O3/c1-16-7-9-18(10-8-16)22-25-23(30-26-22)19-11-12-21(29)27(14-19)15-20(28)24-13-17-5-3-2-4-6-17/h2-12,14H,13,15H2,1H3,(H,24,28). The van der Waals surface area contributed by atoms with E-state index >= 15 is 0 Å². The number of amides is 1. The molecule has 0 spiro atoms. The topological polar surface area (TPSA) is 90.0 Å². The summed E-state index contributed by atoms with van der Waals surface area (Å²) in [6.07, 6.45) is 1.55. The Kier molecular flexibility index (Phi) is 5.52. The van der Waals surface area contributed by atoms with Crippen molar-refractivity contribution in [2.24, 2.45) is 0 Å². The van der Waals surface area contributed by atoms with Crippen LogP contribution < -0.4 is 10.9 Å². The zero-order valence-electron chi connectivity index (χ0n) is 16.4. The molecule has 150 valence electrons. The summed E-state index contributed by atoms with van der Waals surface area (Å²) < 4.78 is 6.69. The van der Waals surface area contributed by atoms with E-state index in [1.165, 1.54) is 10.6 Å². The quantitative estimate of drug-likeness (QED) is 0.537. The number of aromatic nitrogens is 3. The molecule has 0 unspecified atom stereocenters. The van der Waals surface area contributed by atoms with Crippen molar-refractivity contribution in [2.75, 3.05) is 0 Å². The normalized spacial score (nSPS) is 10.7. The van der Waals surface area contributed by atoms with Crippen LogP contribution in [0.15, 0.2) is 82.2 Å². The lowest BCUT2D eigenvalue weighted by Gasteiger charge is -2.08. The Morgan fingerprint density at radius 1 is 1.00 bits per heavy atom. The van der Waals surface area contributed by atoms with Crippen LogP contribution in [0, 0.1) is 6.92 Å². The Morgan fingerprint density at radius 2 is 1.73 bits per heavy atom. The molecule has 0 aliphatic carbocycles. The first-order chi connectivity index (χ1) is 14.6. The van der Waals surface area contributed by atoms with E-state index in [-0.39, 0.29) is 23.9 Å². The average molecular weight is 400 g/mol. The molecule has 7 nitrogen and oxygen atoms in total. The summed E-state index contributed by atoms with van der Waals surface area (Å²) >= 11 is 0. The molecule has 0 radical (unpaired) electrons. The predicted octanol–water partition coefficient (Wildman–Crippen LogP) is 3.19. The van der Waals surface area contributed by atoms with Crippen LogP contribution in [-0.2, 0) is 17.9 Å². The van der Waals surface area contributed by atoms with E-state index in [4.69, 9.17) is 4.52 Å². The van der Waals surface area contributed by atoms with Crippen molar-refractivity contribution in [3.8, 4) is 22.8 Å². The maximum Gasteiger partial charge on any atom is 0.259 e. The number of aryl methyl sites for hydroxylation is 1. The van der Waals surface area contributed by atoms with Gasteiger partial charge in [-0.2, -0.15) is 4.98 Å². The van der Waals surface area contributed by atoms with Crippen LogP contribution in [0.2, 0.25) is 0 Å². The highest BCUT2D eigenvalue weighted by Gasteiger charge is 2.13. The number of carbonyl (C=O) groups is 1. The molecule has 0 saturated carbocycles. The number of hydrogen-bond donors (Lipinski definition) is 1. The Morgan fingerprint density at radius 3 is 2.50 bits per heavy atom. The van der Waals surface area contributed by atoms with Gasteiger partial charge in [-0.15, -0.1) is 0 Å². The van der Waals surface area contributed by atoms with Gasteiger partial charge in [0.25, 0.3) is 11.4 Å². The van der Waals surface area contributed by atoms with Crippen molar-refractivity contribution in [3.05, 3.63) is 94.4 Å². The first-order valence-corrected chi connectivity index (χ1v) is 9.51. The smallest absolute Gasteiger partial charge is 0.259 e. The number of benzene rings is 2. The first kappa shape index (κ1) is 19.3. The van der Waals surface area contributed by atoms with Gasteiger partial charge >= 0.3 is 0 Å². The van der Waals surface area contributed by atoms with E-state index in [1.807, 2.05) is 61.5 Å². The van der Waals surface area contributed by atoms with Crippen LogP contribution in [0.4, 0.5) is 0 Å². The molecule has 0 fully saturated rings. The van der Waals surface area contributed by atoms with E-state index in [2.05, 4.69) is 15.5 Å². The molecule has 2 aromatic carbocycles. The lowest BCUT2D eigenvalue weighted by atomic mass is 10.1. The minimum atomic E-state index is -0.285. The molecule has 2 aromatic heterocycles. The van der Waals surface area contributed by atoms with E-state index in [0.717, 1.165) is 16.7 Å². The van der Waals surface area contributed by atoms with E-state index in [9.17, 15) is 9.59 Å². The molecule has 0 bridgehead atoms. The summed E-state index contributed by atoms with van der Waals surface area (Å²) in [6, 6.07) is 20.3. The monoisotopic (exact) mass is 400 g/mol. The second kappa shape index (κ2) is 8.57. The van der Waals surface area contributed by atoms with Crippen molar-refractivity contribution in [1.29, 1.82) is 0 Å². The summed E-state index contributed by atoms with van der Waals surface area (Å²) in [4.78, 5) is 28.9. The van der Waals surface area contributed by atoms with Gasteiger partial charge in [-0.3, -0.25) is 9.59 Å². The van der Waals surface area contributed by atoms with Crippen LogP contribution in [0.1, 0.15) is 11.1 Å². The second-order valence-corrected chi connectivity index (χ2v) is 6.94. The van der Waals surface area contributed by atoms with Gasteiger partial charge in [0, 0.05) is 24.4 Å². The molecule has 30 heavy (non-hydrogen) atoms. The summed E-state index contributed by atoms with van der Waals surface area (Å²) in [5.74, 6) is 0.483. The van der Waals surface area contributed by atoms with Gasteiger partial charge in [-0.05, 0) is 18.6 Å². The molecular formula is C23H20N4O3. The third kappa shape index (κ3) is 4.52. The number of rotatable bonds is 6. The summed E-state index contributed by atoms with van der Waals surface area (Å²) in [7, 11) is 0.